The maximum atomic E-state index is 11.1. The number of benzene rings is 1. The van der Waals surface area contributed by atoms with Crippen LogP contribution in [0.5, 0.6) is 0 Å². The molecule has 0 unspecified atom stereocenters. The highest BCUT2D eigenvalue weighted by molar-refractivity contribution is 6.31. The predicted molar refractivity (Wildman–Crippen MR) is 82.0 cm³/mol. The minimum Gasteiger partial charge on any atom is -0.478 e. The Labute approximate surface area is 133 Å². The summed E-state index contributed by atoms with van der Waals surface area (Å²) in [5.74, 6) is -0.933. The van der Waals surface area contributed by atoms with Gasteiger partial charge in [0.05, 0.1) is 11.6 Å². The average Bonchev–Trinajstić information content (AvgIpc) is 3.04. The lowest BCUT2D eigenvalue weighted by molar-refractivity contribution is 0.0696. The van der Waals surface area contributed by atoms with Crippen molar-refractivity contribution in [1.82, 2.24) is 19.7 Å². The van der Waals surface area contributed by atoms with E-state index in [1.165, 1.54) is 6.07 Å². The highest BCUT2D eigenvalue weighted by Gasteiger charge is 2.22. The van der Waals surface area contributed by atoms with E-state index in [0.29, 0.717) is 17.6 Å². The number of piperidine rings is 1. The molecular weight excluding hydrogens is 304 g/mol. The predicted octanol–water partition coefficient (Wildman–Crippen LogP) is 2.47. The number of rotatable bonds is 4. The second-order valence-electron chi connectivity index (χ2n) is 5.52. The number of halogens is 1. The molecule has 7 heteroatoms. The van der Waals surface area contributed by atoms with Gasteiger partial charge in [-0.25, -0.2) is 14.5 Å². The number of carbonyl (C=O) groups is 1. The first-order chi connectivity index (χ1) is 10.6. The summed E-state index contributed by atoms with van der Waals surface area (Å²) in [4.78, 5) is 17.4. The van der Waals surface area contributed by atoms with Crippen molar-refractivity contribution in [2.24, 2.45) is 0 Å². The molecule has 1 aliphatic rings. The Morgan fingerprint density at radius 2 is 2.32 bits per heavy atom. The van der Waals surface area contributed by atoms with E-state index in [1.54, 1.807) is 24.8 Å². The molecule has 3 rings (SSSR count). The number of carboxylic acids is 1. The van der Waals surface area contributed by atoms with Crippen LogP contribution in [-0.2, 0) is 6.54 Å². The first-order valence-electron chi connectivity index (χ1n) is 7.21. The van der Waals surface area contributed by atoms with E-state index < -0.39 is 5.97 Å². The summed E-state index contributed by atoms with van der Waals surface area (Å²) in [6, 6.07) is 5.14. The molecule has 2 aromatic rings. The molecule has 0 saturated carbocycles. The Morgan fingerprint density at radius 1 is 1.45 bits per heavy atom. The molecule has 6 nitrogen and oxygen atoms in total. The number of aromatic carboxylic acids is 1. The van der Waals surface area contributed by atoms with Crippen molar-refractivity contribution in [2.75, 3.05) is 13.1 Å². The van der Waals surface area contributed by atoms with Crippen molar-refractivity contribution in [2.45, 2.75) is 25.4 Å². The van der Waals surface area contributed by atoms with Crippen LogP contribution in [0, 0.1) is 0 Å². The van der Waals surface area contributed by atoms with Gasteiger partial charge in [-0.2, -0.15) is 5.10 Å². The van der Waals surface area contributed by atoms with Crippen molar-refractivity contribution in [3.8, 4) is 0 Å². The quantitative estimate of drug-likeness (QED) is 0.937. The SMILES string of the molecule is O=C(O)c1ccc(Cl)c(CN2CCC[C@H](n3cncn3)C2)c1. The monoisotopic (exact) mass is 320 g/mol. The fourth-order valence-corrected chi connectivity index (χ4v) is 3.04. The molecular formula is C15H17ClN4O2. The van der Waals surface area contributed by atoms with Crippen LogP contribution in [0.25, 0.3) is 0 Å². The standard InChI is InChI=1S/C15H17ClN4O2/c16-14-4-3-11(15(21)22)6-12(14)7-19-5-1-2-13(8-19)20-10-17-9-18-20/h3-4,6,9-10,13H,1-2,5,7-8H2,(H,21,22)/t13-/m0/s1. The summed E-state index contributed by atoms with van der Waals surface area (Å²) in [6.07, 6.45) is 5.43. The maximum Gasteiger partial charge on any atom is 0.335 e. The van der Waals surface area contributed by atoms with Crippen molar-refractivity contribution in [3.05, 3.63) is 47.0 Å². The van der Waals surface area contributed by atoms with Gasteiger partial charge in [-0.15, -0.1) is 0 Å². The zero-order chi connectivity index (χ0) is 15.5. The van der Waals surface area contributed by atoms with Crippen LogP contribution < -0.4 is 0 Å². The fourth-order valence-electron chi connectivity index (χ4n) is 2.87. The van der Waals surface area contributed by atoms with Gasteiger partial charge in [0.15, 0.2) is 0 Å². The van der Waals surface area contributed by atoms with Gasteiger partial charge in [0.2, 0.25) is 0 Å². The first kappa shape index (κ1) is 15.0. The van der Waals surface area contributed by atoms with Gasteiger partial charge in [-0.3, -0.25) is 4.90 Å². The minimum atomic E-state index is -0.933. The summed E-state index contributed by atoms with van der Waals surface area (Å²) < 4.78 is 1.89. The Bertz CT molecular complexity index is 660. The molecule has 0 spiro atoms. The summed E-state index contributed by atoms with van der Waals surface area (Å²) in [6.45, 7) is 2.47. The number of hydrogen-bond donors (Lipinski definition) is 1. The number of aromatic nitrogens is 3. The molecule has 2 heterocycles. The van der Waals surface area contributed by atoms with Crippen LogP contribution in [0.2, 0.25) is 5.02 Å². The molecule has 1 aromatic carbocycles. The molecule has 1 aliphatic heterocycles. The lowest BCUT2D eigenvalue weighted by Crippen LogP contribution is -2.36. The Balaban J connectivity index is 1.72. The van der Waals surface area contributed by atoms with Crippen molar-refractivity contribution >= 4 is 17.6 Å². The zero-order valence-corrected chi connectivity index (χ0v) is 12.8. The molecule has 0 bridgehead atoms. The van der Waals surface area contributed by atoms with Gasteiger partial charge >= 0.3 is 5.97 Å². The van der Waals surface area contributed by atoms with E-state index in [1.807, 2.05) is 4.68 Å². The number of nitrogens with zero attached hydrogens (tertiary/aromatic N) is 4. The Morgan fingerprint density at radius 3 is 3.05 bits per heavy atom. The molecule has 1 aromatic heterocycles. The van der Waals surface area contributed by atoms with E-state index in [4.69, 9.17) is 16.7 Å². The molecule has 1 atom stereocenters. The Hall–Kier alpha value is -1.92. The topological polar surface area (TPSA) is 71.2 Å². The molecule has 0 radical (unpaired) electrons. The second kappa shape index (κ2) is 6.46. The van der Waals surface area contributed by atoms with Gasteiger partial charge < -0.3 is 5.11 Å². The van der Waals surface area contributed by atoms with Crippen LogP contribution in [0.3, 0.4) is 0 Å². The van der Waals surface area contributed by atoms with E-state index in [-0.39, 0.29) is 5.56 Å². The van der Waals surface area contributed by atoms with E-state index in [2.05, 4.69) is 15.0 Å². The van der Waals surface area contributed by atoms with Crippen LogP contribution in [0.1, 0.15) is 34.8 Å². The molecule has 1 fully saturated rings. The van der Waals surface area contributed by atoms with Gasteiger partial charge in [0.1, 0.15) is 12.7 Å². The smallest absolute Gasteiger partial charge is 0.335 e. The fraction of sp³-hybridized carbons (Fsp3) is 0.400. The number of hydrogen-bond acceptors (Lipinski definition) is 4. The normalized spacial score (nSPS) is 19.2. The summed E-state index contributed by atoms with van der Waals surface area (Å²) >= 11 is 6.21. The van der Waals surface area contributed by atoms with Crippen LogP contribution >= 0.6 is 11.6 Å². The van der Waals surface area contributed by atoms with Crippen molar-refractivity contribution in [1.29, 1.82) is 0 Å². The number of carboxylic acid groups (broad SMARTS) is 1. The summed E-state index contributed by atoms with van der Waals surface area (Å²) in [5, 5.41) is 13.9. The third-order valence-corrected chi connectivity index (χ3v) is 4.35. The molecule has 0 amide bonds. The van der Waals surface area contributed by atoms with E-state index in [9.17, 15) is 4.79 Å². The van der Waals surface area contributed by atoms with Gasteiger partial charge in [0.25, 0.3) is 0 Å². The third kappa shape index (κ3) is 3.28. The maximum absolute atomic E-state index is 11.1. The van der Waals surface area contributed by atoms with Gasteiger partial charge in [-0.05, 0) is 43.1 Å². The summed E-state index contributed by atoms with van der Waals surface area (Å²) in [7, 11) is 0. The lowest BCUT2D eigenvalue weighted by atomic mass is 10.0. The largest absolute Gasteiger partial charge is 0.478 e. The highest BCUT2D eigenvalue weighted by Crippen LogP contribution is 2.25. The number of likely N-dealkylation sites (tertiary alicyclic amines) is 1. The van der Waals surface area contributed by atoms with Crippen molar-refractivity contribution < 1.29 is 9.90 Å². The minimum absolute atomic E-state index is 0.268. The highest BCUT2D eigenvalue weighted by atomic mass is 35.5. The van der Waals surface area contributed by atoms with Crippen LogP contribution in [0.4, 0.5) is 0 Å². The molecule has 22 heavy (non-hydrogen) atoms. The molecule has 1 N–H and O–H groups in total. The summed E-state index contributed by atoms with van der Waals surface area (Å²) in [5.41, 5.74) is 1.12. The first-order valence-corrected chi connectivity index (χ1v) is 7.59. The molecule has 116 valence electrons. The van der Waals surface area contributed by atoms with Gasteiger partial charge in [-0.1, -0.05) is 11.6 Å². The Kier molecular flexibility index (Phi) is 4.40. The third-order valence-electron chi connectivity index (χ3n) is 3.98. The van der Waals surface area contributed by atoms with Crippen LogP contribution in [0.15, 0.2) is 30.9 Å². The van der Waals surface area contributed by atoms with E-state index >= 15 is 0 Å². The van der Waals surface area contributed by atoms with Crippen LogP contribution in [-0.4, -0.2) is 43.8 Å². The van der Waals surface area contributed by atoms with E-state index in [0.717, 1.165) is 31.5 Å². The lowest BCUT2D eigenvalue weighted by Gasteiger charge is -2.32. The second-order valence-corrected chi connectivity index (χ2v) is 5.93. The van der Waals surface area contributed by atoms with Crippen molar-refractivity contribution in [3.63, 3.8) is 0 Å². The van der Waals surface area contributed by atoms with Gasteiger partial charge in [0, 0.05) is 18.1 Å². The molecule has 0 aliphatic carbocycles. The zero-order valence-electron chi connectivity index (χ0n) is 12.0. The average molecular weight is 321 g/mol. The molecule has 1 saturated heterocycles.